The van der Waals surface area contributed by atoms with Crippen molar-refractivity contribution in [1.29, 1.82) is 0 Å². The second kappa shape index (κ2) is 5.12. The van der Waals surface area contributed by atoms with Crippen molar-refractivity contribution in [2.45, 2.75) is 0 Å². The quantitative estimate of drug-likeness (QED) is 0.882. The topological polar surface area (TPSA) is 84.4 Å². The highest BCUT2D eigenvalue weighted by molar-refractivity contribution is 5.96. The molecule has 1 aromatic heterocycles. The van der Waals surface area contributed by atoms with Crippen LogP contribution in [0.25, 0.3) is 10.9 Å². The molecule has 0 unspecified atom stereocenters. The molecule has 2 aromatic rings. The van der Waals surface area contributed by atoms with Gasteiger partial charge in [0.1, 0.15) is 6.33 Å². The smallest absolute Gasteiger partial charge is 0.324 e. The molecule has 3 amide bonds. The molecule has 7 heteroatoms. The minimum Gasteiger partial charge on any atom is -0.467 e. The van der Waals surface area contributed by atoms with Crippen molar-refractivity contribution in [3.63, 3.8) is 0 Å². The van der Waals surface area contributed by atoms with Gasteiger partial charge in [0.25, 0.3) is 5.91 Å². The number of amides is 3. The monoisotopic (exact) mass is 272 g/mol. The van der Waals surface area contributed by atoms with E-state index < -0.39 is 0 Å². The molecule has 0 spiro atoms. The molecule has 3 rings (SSSR count). The molecular weight excluding hydrogens is 260 g/mol. The third kappa shape index (κ3) is 2.25. The van der Waals surface area contributed by atoms with Crippen molar-refractivity contribution in [3.8, 4) is 5.88 Å². The average Bonchev–Trinajstić information content (AvgIpc) is 2.91. The van der Waals surface area contributed by atoms with Gasteiger partial charge in [-0.1, -0.05) is 12.1 Å². The van der Waals surface area contributed by atoms with E-state index in [0.29, 0.717) is 19.0 Å². The largest absolute Gasteiger partial charge is 0.467 e. The van der Waals surface area contributed by atoms with E-state index >= 15 is 0 Å². The zero-order valence-electron chi connectivity index (χ0n) is 10.6. The summed E-state index contributed by atoms with van der Waals surface area (Å²) in [6, 6.07) is 6.97. The summed E-state index contributed by atoms with van der Waals surface area (Å²) in [5, 5.41) is 3.29. The zero-order valence-corrected chi connectivity index (χ0v) is 10.6. The summed E-state index contributed by atoms with van der Waals surface area (Å²) in [6.07, 6.45) is 1.38. The first-order valence-electron chi connectivity index (χ1n) is 6.16. The number of carbonyl (C=O) groups excluding carboxylic acids is 2. The SMILES string of the molecule is O=C(COc1ncnc2ccccc12)N1CCNC1=O. The Morgan fingerprint density at radius 3 is 3.00 bits per heavy atom. The highest BCUT2D eigenvalue weighted by atomic mass is 16.5. The summed E-state index contributed by atoms with van der Waals surface area (Å²) in [7, 11) is 0. The lowest BCUT2D eigenvalue weighted by atomic mass is 10.2. The Hall–Kier alpha value is -2.70. The Bertz CT molecular complexity index is 668. The fraction of sp³-hybridized carbons (Fsp3) is 0.231. The van der Waals surface area contributed by atoms with Crippen molar-refractivity contribution in [1.82, 2.24) is 20.2 Å². The predicted molar refractivity (Wildman–Crippen MR) is 70.1 cm³/mol. The van der Waals surface area contributed by atoms with Crippen LogP contribution in [-0.2, 0) is 4.79 Å². The van der Waals surface area contributed by atoms with Crippen molar-refractivity contribution < 1.29 is 14.3 Å². The summed E-state index contributed by atoms with van der Waals surface area (Å²) >= 11 is 0. The molecule has 7 nitrogen and oxygen atoms in total. The van der Waals surface area contributed by atoms with Gasteiger partial charge in [-0.05, 0) is 12.1 Å². The first-order valence-corrected chi connectivity index (χ1v) is 6.16. The number of hydrogen-bond acceptors (Lipinski definition) is 5. The molecule has 0 atom stereocenters. The molecule has 0 saturated carbocycles. The molecule has 0 aliphatic carbocycles. The highest BCUT2D eigenvalue weighted by Gasteiger charge is 2.26. The van der Waals surface area contributed by atoms with Crippen LogP contribution in [0.3, 0.4) is 0 Å². The Morgan fingerprint density at radius 2 is 2.20 bits per heavy atom. The van der Waals surface area contributed by atoms with Gasteiger partial charge in [0.05, 0.1) is 10.9 Å². The van der Waals surface area contributed by atoms with Crippen LogP contribution in [0.4, 0.5) is 4.79 Å². The van der Waals surface area contributed by atoms with Crippen LogP contribution in [0.5, 0.6) is 5.88 Å². The first kappa shape index (κ1) is 12.3. The van der Waals surface area contributed by atoms with Crippen LogP contribution in [0, 0.1) is 0 Å². The number of nitrogens with zero attached hydrogens (tertiary/aromatic N) is 3. The Kier molecular flexibility index (Phi) is 3.16. The number of nitrogens with one attached hydrogen (secondary N) is 1. The van der Waals surface area contributed by atoms with Gasteiger partial charge >= 0.3 is 6.03 Å². The van der Waals surface area contributed by atoms with Crippen LogP contribution < -0.4 is 10.1 Å². The molecule has 2 heterocycles. The maximum Gasteiger partial charge on any atom is 0.324 e. The lowest BCUT2D eigenvalue weighted by Gasteiger charge is -2.12. The third-order valence-electron chi connectivity index (χ3n) is 3.00. The van der Waals surface area contributed by atoms with Crippen LogP contribution >= 0.6 is 0 Å². The number of imide groups is 1. The first-order chi connectivity index (χ1) is 9.75. The molecule has 1 N–H and O–H groups in total. The minimum atomic E-state index is -0.386. The summed E-state index contributed by atoms with van der Waals surface area (Å²) < 4.78 is 5.42. The molecule has 1 saturated heterocycles. The summed E-state index contributed by atoms with van der Waals surface area (Å²) in [4.78, 5) is 32.5. The Morgan fingerprint density at radius 1 is 1.35 bits per heavy atom. The van der Waals surface area contributed by atoms with Crippen LogP contribution in [0.2, 0.25) is 0 Å². The maximum atomic E-state index is 11.9. The molecular formula is C13H12N4O3. The van der Waals surface area contributed by atoms with Gasteiger partial charge in [-0.25, -0.2) is 14.8 Å². The number of hydrogen-bond donors (Lipinski definition) is 1. The molecule has 102 valence electrons. The van der Waals surface area contributed by atoms with E-state index in [0.717, 1.165) is 15.8 Å². The molecule has 1 fully saturated rings. The fourth-order valence-corrected chi connectivity index (χ4v) is 2.01. The number of ether oxygens (including phenoxy) is 1. The normalized spacial score (nSPS) is 14.4. The lowest BCUT2D eigenvalue weighted by Crippen LogP contribution is -2.37. The van der Waals surface area contributed by atoms with E-state index in [9.17, 15) is 9.59 Å². The molecule has 1 aliphatic heterocycles. The summed E-state index contributed by atoms with van der Waals surface area (Å²) in [5.41, 5.74) is 0.740. The van der Waals surface area contributed by atoms with Crippen molar-refractivity contribution >= 4 is 22.8 Å². The second-order valence-electron chi connectivity index (χ2n) is 4.26. The Balaban J connectivity index is 1.74. The van der Waals surface area contributed by atoms with Crippen molar-refractivity contribution in [2.75, 3.05) is 19.7 Å². The summed E-state index contributed by atoms with van der Waals surface area (Å²) in [6.45, 7) is 0.612. The highest BCUT2D eigenvalue weighted by Crippen LogP contribution is 2.20. The van der Waals surface area contributed by atoms with Gasteiger partial charge in [-0.3, -0.25) is 9.69 Å². The molecule has 1 aliphatic rings. The Labute approximate surface area is 114 Å². The number of rotatable bonds is 3. The number of urea groups is 1. The third-order valence-corrected chi connectivity index (χ3v) is 3.00. The number of carbonyl (C=O) groups is 2. The van der Waals surface area contributed by atoms with E-state index in [2.05, 4.69) is 15.3 Å². The number of fused-ring (bicyclic) bond motifs is 1. The van der Waals surface area contributed by atoms with E-state index in [-0.39, 0.29) is 18.5 Å². The number of para-hydroxylation sites is 1. The number of aromatic nitrogens is 2. The maximum absolute atomic E-state index is 11.9. The summed E-state index contributed by atoms with van der Waals surface area (Å²) in [5.74, 6) is -0.0498. The predicted octanol–water partition coefficient (Wildman–Crippen LogP) is 0.560. The van der Waals surface area contributed by atoms with E-state index in [1.165, 1.54) is 6.33 Å². The zero-order chi connectivity index (χ0) is 13.9. The van der Waals surface area contributed by atoms with Gasteiger partial charge in [0, 0.05) is 13.1 Å². The van der Waals surface area contributed by atoms with Gasteiger partial charge in [0.15, 0.2) is 6.61 Å². The van der Waals surface area contributed by atoms with Crippen LogP contribution in [-0.4, -0.2) is 46.5 Å². The fourth-order valence-electron chi connectivity index (χ4n) is 2.01. The van der Waals surface area contributed by atoms with E-state index in [1.807, 2.05) is 24.3 Å². The van der Waals surface area contributed by atoms with Gasteiger partial charge < -0.3 is 10.1 Å². The van der Waals surface area contributed by atoms with Crippen molar-refractivity contribution in [3.05, 3.63) is 30.6 Å². The van der Waals surface area contributed by atoms with E-state index in [1.54, 1.807) is 0 Å². The average molecular weight is 272 g/mol. The molecule has 0 bridgehead atoms. The molecule has 0 radical (unpaired) electrons. The van der Waals surface area contributed by atoms with Crippen molar-refractivity contribution in [2.24, 2.45) is 0 Å². The van der Waals surface area contributed by atoms with E-state index in [4.69, 9.17) is 4.74 Å². The van der Waals surface area contributed by atoms with Crippen LogP contribution in [0.1, 0.15) is 0 Å². The molecule has 20 heavy (non-hydrogen) atoms. The van der Waals surface area contributed by atoms with Crippen LogP contribution in [0.15, 0.2) is 30.6 Å². The molecule has 1 aromatic carbocycles. The standard InChI is InChI=1S/C13H12N4O3/c18-11(17-6-5-14-13(17)19)7-20-12-9-3-1-2-4-10(9)15-8-16-12/h1-4,8H,5-7H2,(H,14,19). The van der Waals surface area contributed by atoms with Gasteiger partial charge in [-0.15, -0.1) is 0 Å². The minimum absolute atomic E-state index is 0.228. The van der Waals surface area contributed by atoms with Gasteiger partial charge in [0.2, 0.25) is 5.88 Å². The lowest BCUT2D eigenvalue weighted by molar-refractivity contribution is -0.129. The number of benzene rings is 1. The van der Waals surface area contributed by atoms with Gasteiger partial charge in [-0.2, -0.15) is 0 Å². The second-order valence-corrected chi connectivity index (χ2v) is 4.26.